The van der Waals surface area contributed by atoms with Crippen LogP contribution in [0.1, 0.15) is 13.8 Å². The Hall–Kier alpha value is -3.26. The van der Waals surface area contributed by atoms with Crippen LogP contribution in [0.25, 0.3) is 0 Å². The first kappa shape index (κ1) is 32.6. The van der Waals surface area contributed by atoms with Crippen LogP contribution in [0.5, 0.6) is 0 Å². The number of hydrogen-bond donors (Lipinski definition) is 6. The minimum atomic E-state index is -2.07. The number of aliphatic carboxylic acids is 6. The molecule has 0 radical (unpaired) electrons. The molecule has 0 aromatic heterocycles. The van der Waals surface area contributed by atoms with Crippen molar-refractivity contribution < 1.29 is 70.9 Å². The molecule has 0 aliphatic carbocycles. The monoisotopic (exact) mass is 360 g/mol. The largest absolute Gasteiger partial charge is 0.539 e. The number of carboxylic acids is 6. The van der Waals surface area contributed by atoms with E-state index in [0.29, 0.717) is 0 Å². The average Bonchev–Trinajstić information content (AvgIpc) is 2.41. The first-order valence-corrected chi connectivity index (χ1v) is 5.69. The van der Waals surface area contributed by atoms with Gasteiger partial charge in [-0.3, -0.25) is 0 Å². The summed E-state index contributed by atoms with van der Waals surface area (Å²) >= 11 is 0. The van der Waals surface area contributed by atoms with E-state index in [-0.39, 0.29) is 0 Å². The zero-order valence-corrected chi connectivity index (χ0v) is 12.9. The van der Waals surface area contributed by atoms with Crippen molar-refractivity contribution in [3.63, 3.8) is 0 Å². The van der Waals surface area contributed by atoms with Gasteiger partial charge in [-0.2, -0.15) is 0 Å². The molecular formula is C10H20N2O12. The lowest BCUT2D eigenvalue weighted by atomic mass is 10.7. The van der Waals surface area contributed by atoms with E-state index in [0.717, 1.165) is 13.1 Å². The number of rotatable bonds is 0. The van der Waals surface area contributed by atoms with Crippen LogP contribution in [0, 0.1) is 0 Å². The predicted molar refractivity (Wildman–Crippen MR) is 67.4 cm³/mol. The molecule has 0 saturated carbocycles. The first-order chi connectivity index (χ1) is 10.8. The Morgan fingerprint density at radius 1 is 0.625 bits per heavy atom. The van der Waals surface area contributed by atoms with E-state index in [1.165, 1.54) is 0 Å². The van der Waals surface area contributed by atoms with Crippen molar-refractivity contribution in [1.82, 2.24) is 0 Å². The number of quaternary nitrogens is 2. The zero-order valence-electron chi connectivity index (χ0n) is 12.9. The summed E-state index contributed by atoms with van der Waals surface area (Å²) in [5.74, 6) is -11.7. The summed E-state index contributed by atoms with van der Waals surface area (Å²) < 4.78 is 0. The minimum Gasteiger partial charge on any atom is -0.539 e. The average molecular weight is 360 g/mol. The SMILES string of the molecule is CC[NH3+].CC[NH3+].O=C(O)C(=O)O.O=C([O-])C(=O)O.O=C([O-])C(=O)O. The first-order valence-electron chi connectivity index (χ1n) is 5.69. The standard InChI is InChI=1S/2C2H7N.3C2H2O4/c2*1-2-3;3*3-1(4)2(5)6/h2*2-3H2,1H3;3*(H,3,4)(H,5,6). The van der Waals surface area contributed by atoms with Gasteiger partial charge in [-0.25, -0.2) is 19.2 Å². The summed E-state index contributed by atoms with van der Waals surface area (Å²) in [6, 6.07) is 0. The van der Waals surface area contributed by atoms with Crippen LogP contribution in [-0.4, -0.2) is 69.3 Å². The maximum Gasteiger partial charge on any atom is 0.414 e. The lowest BCUT2D eigenvalue weighted by molar-refractivity contribution is -0.362. The van der Waals surface area contributed by atoms with Crippen molar-refractivity contribution in [2.24, 2.45) is 0 Å². The second-order valence-electron chi connectivity index (χ2n) is 2.80. The molecule has 0 aliphatic heterocycles. The molecule has 14 heteroatoms. The predicted octanol–water partition coefficient (Wildman–Crippen LogP) is -6.71. The number of hydrogen-bond acceptors (Lipinski definition) is 8. The molecule has 0 saturated heterocycles. The van der Waals surface area contributed by atoms with Crippen LogP contribution >= 0.6 is 0 Å². The highest BCUT2D eigenvalue weighted by atomic mass is 16.5. The van der Waals surface area contributed by atoms with Crippen molar-refractivity contribution in [2.45, 2.75) is 13.8 Å². The molecule has 142 valence electrons. The van der Waals surface area contributed by atoms with Gasteiger partial charge in [0.05, 0.1) is 13.1 Å². The molecule has 0 atom stereocenters. The molecule has 0 spiro atoms. The van der Waals surface area contributed by atoms with Gasteiger partial charge < -0.3 is 51.7 Å². The van der Waals surface area contributed by atoms with Crippen molar-refractivity contribution in [1.29, 1.82) is 0 Å². The second kappa shape index (κ2) is 24.7. The third-order valence-electron chi connectivity index (χ3n) is 0.532. The Labute approximate surface area is 134 Å². The topological polar surface area (TPSA) is 285 Å². The minimum absolute atomic E-state index is 1.00. The molecule has 0 rings (SSSR count). The van der Waals surface area contributed by atoms with E-state index >= 15 is 0 Å². The molecule has 24 heavy (non-hydrogen) atoms. The Bertz CT molecular complexity index is 312. The van der Waals surface area contributed by atoms with Gasteiger partial charge in [0.25, 0.3) is 0 Å². The molecule has 0 aromatic rings. The van der Waals surface area contributed by atoms with Gasteiger partial charge in [-0.05, 0) is 13.8 Å². The molecule has 0 aromatic carbocycles. The molecule has 0 aliphatic rings. The molecule has 0 amide bonds. The van der Waals surface area contributed by atoms with Gasteiger partial charge in [-0.15, -0.1) is 0 Å². The van der Waals surface area contributed by atoms with E-state index in [2.05, 4.69) is 11.5 Å². The quantitative estimate of drug-likeness (QED) is 0.220. The van der Waals surface area contributed by atoms with Crippen molar-refractivity contribution in [3.8, 4) is 0 Å². The molecule has 0 fully saturated rings. The molecule has 0 heterocycles. The van der Waals surface area contributed by atoms with Gasteiger partial charge in [0.2, 0.25) is 0 Å². The van der Waals surface area contributed by atoms with Gasteiger partial charge in [0.1, 0.15) is 0 Å². The van der Waals surface area contributed by atoms with Crippen LogP contribution in [0.2, 0.25) is 0 Å². The third kappa shape index (κ3) is 77.2. The van der Waals surface area contributed by atoms with Gasteiger partial charge >= 0.3 is 23.9 Å². The van der Waals surface area contributed by atoms with Crippen LogP contribution in [0.3, 0.4) is 0 Å². The third-order valence-corrected chi connectivity index (χ3v) is 0.532. The van der Waals surface area contributed by atoms with Crippen LogP contribution in [0.4, 0.5) is 0 Å². The van der Waals surface area contributed by atoms with Crippen molar-refractivity contribution in [3.05, 3.63) is 0 Å². The highest BCUT2D eigenvalue weighted by Gasteiger charge is 2.04. The zero-order chi connectivity index (χ0) is 20.9. The molecule has 14 nitrogen and oxygen atoms in total. The van der Waals surface area contributed by atoms with Crippen LogP contribution in [0.15, 0.2) is 0 Å². The summed E-state index contributed by atoms with van der Waals surface area (Å²) in [4.78, 5) is 54.2. The van der Waals surface area contributed by atoms with Gasteiger partial charge in [0.15, 0.2) is 11.9 Å². The number of carbonyl (C=O) groups excluding carboxylic acids is 2. The fourth-order valence-corrected chi connectivity index (χ4v) is 0. The molecular weight excluding hydrogens is 340 g/mol. The maximum absolute atomic E-state index is 9.10. The summed E-state index contributed by atoms with van der Waals surface area (Å²) in [6.07, 6.45) is 0. The van der Waals surface area contributed by atoms with E-state index in [4.69, 9.17) is 59.4 Å². The Balaban J connectivity index is -0.0000000648. The highest BCUT2D eigenvalue weighted by molar-refractivity contribution is 6.27. The van der Waals surface area contributed by atoms with E-state index in [1.54, 1.807) is 0 Å². The van der Waals surface area contributed by atoms with E-state index in [9.17, 15) is 0 Å². The van der Waals surface area contributed by atoms with Crippen LogP contribution in [-0.2, 0) is 28.8 Å². The normalized spacial score (nSPS) is 7.00. The Kier molecular flexibility index (Phi) is 33.6. The van der Waals surface area contributed by atoms with Gasteiger partial charge in [-0.1, -0.05) is 0 Å². The fourth-order valence-electron chi connectivity index (χ4n) is 0. The lowest BCUT2D eigenvalue weighted by Gasteiger charge is -1.85. The van der Waals surface area contributed by atoms with E-state index < -0.39 is 35.8 Å². The van der Waals surface area contributed by atoms with Crippen LogP contribution < -0.4 is 21.7 Å². The molecule has 0 unspecified atom stereocenters. The Morgan fingerprint density at radius 2 is 0.708 bits per heavy atom. The highest BCUT2D eigenvalue weighted by Crippen LogP contribution is 1.56. The summed E-state index contributed by atoms with van der Waals surface area (Å²) in [7, 11) is 0. The second-order valence-corrected chi connectivity index (χ2v) is 2.80. The van der Waals surface area contributed by atoms with Gasteiger partial charge in [0, 0.05) is 0 Å². The lowest BCUT2D eigenvalue weighted by Crippen LogP contribution is -2.48. The van der Waals surface area contributed by atoms with Crippen molar-refractivity contribution >= 4 is 35.8 Å². The summed E-state index contributed by atoms with van der Waals surface area (Å²) in [5, 5.41) is 47.4. The number of carbonyl (C=O) groups is 6. The van der Waals surface area contributed by atoms with E-state index in [1.807, 2.05) is 13.8 Å². The summed E-state index contributed by atoms with van der Waals surface area (Å²) in [5.41, 5.74) is 6.97. The van der Waals surface area contributed by atoms with Crippen molar-refractivity contribution in [2.75, 3.05) is 13.1 Å². The molecule has 10 N–H and O–H groups in total. The fraction of sp³-hybridized carbons (Fsp3) is 0.400. The maximum atomic E-state index is 9.10. The number of carboxylic acid groups (broad SMARTS) is 6. The molecule has 0 bridgehead atoms. The smallest absolute Gasteiger partial charge is 0.414 e. The summed E-state index contributed by atoms with van der Waals surface area (Å²) in [6.45, 7) is 6.03. The Morgan fingerprint density at radius 3 is 0.708 bits per heavy atom.